The maximum Gasteiger partial charge on any atom is 0.0790 e. The molecule has 1 nitrogen and oxygen atoms in total. The summed E-state index contributed by atoms with van der Waals surface area (Å²) in [5.41, 5.74) is 2.24. The van der Waals surface area contributed by atoms with Crippen LogP contribution in [0.2, 0.25) is 0 Å². The van der Waals surface area contributed by atoms with Gasteiger partial charge in [-0.3, -0.25) is 0 Å². The summed E-state index contributed by atoms with van der Waals surface area (Å²) in [4.78, 5) is 0. The van der Waals surface area contributed by atoms with Gasteiger partial charge in [-0.25, -0.2) is 0 Å². The lowest BCUT2D eigenvalue weighted by atomic mass is 10.0. The summed E-state index contributed by atoms with van der Waals surface area (Å²) in [5.74, 6) is 0. The predicted octanol–water partition coefficient (Wildman–Crippen LogP) is 5.93. The zero-order valence-electron chi connectivity index (χ0n) is 12.3. The number of unbranched alkanes of at least 4 members (excludes halogenated alkanes) is 6. The van der Waals surface area contributed by atoms with E-state index in [2.05, 4.69) is 35.8 Å². The highest BCUT2D eigenvalue weighted by Crippen LogP contribution is 2.24. The third kappa shape index (κ3) is 6.58. The molecule has 0 bridgehead atoms. The molecule has 0 aliphatic heterocycles. The molecule has 0 aliphatic carbocycles. The van der Waals surface area contributed by atoms with Gasteiger partial charge in [0, 0.05) is 4.47 Å². The van der Waals surface area contributed by atoms with Crippen LogP contribution < -0.4 is 0 Å². The number of aliphatic hydroxyl groups excluding tert-OH is 1. The molecule has 1 atom stereocenters. The fourth-order valence-corrected chi connectivity index (χ4v) is 2.58. The highest BCUT2D eigenvalue weighted by Gasteiger charge is 2.08. The van der Waals surface area contributed by atoms with Crippen LogP contribution in [0.25, 0.3) is 0 Å². The maximum absolute atomic E-state index is 10.2. The summed E-state index contributed by atoms with van der Waals surface area (Å²) in [6.45, 7) is 4.31. The molecule has 0 amide bonds. The summed E-state index contributed by atoms with van der Waals surface area (Å²) in [6, 6.07) is 6.12. The third-order valence-corrected chi connectivity index (χ3v) is 4.54. The van der Waals surface area contributed by atoms with Gasteiger partial charge in [-0.05, 0) is 30.5 Å². The van der Waals surface area contributed by atoms with E-state index < -0.39 is 0 Å². The van der Waals surface area contributed by atoms with Gasteiger partial charge in [-0.15, -0.1) is 0 Å². The molecule has 0 aromatic heterocycles. The Morgan fingerprint density at radius 1 is 1.05 bits per heavy atom. The van der Waals surface area contributed by atoms with E-state index in [1.807, 2.05) is 12.1 Å². The molecule has 1 aromatic carbocycles. The van der Waals surface area contributed by atoms with Gasteiger partial charge in [-0.1, -0.05) is 79.9 Å². The lowest BCUT2D eigenvalue weighted by Gasteiger charge is -2.12. The Bertz CT molecular complexity index is 362. The van der Waals surface area contributed by atoms with E-state index in [0.29, 0.717) is 0 Å². The van der Waals surface area contributed by atoms with Crippen molar-refractivity contribution in [2.24, 2.45) is 0 Å². The average molecular weight is 327 g/mol. The molecule has 0 saturated heterocycles. The quantitative estimate of drug-likeness (QED) is 0.557. The zero-order chi connectivity index (χ0) is 14.1. The van der Waals surface area contributed by atoms with Crippen LogP contribution in [-0.4, -0.2) is 5.11 Å². The summed E-state index contributed by atoms with van der Waals surface area (Å²) in [6.07, 6.45) is 9.65. The van der Waals surface area contributed by atoms with Crippen LogP contribution in [0.1, 0.15) is 75.5 Å². The van der Waals surface area contributed by atoms with Crippen molar-refractivity contribution in [3.8, 4) is 0 Å². The van der Waals surface area contributed by atoms with E-state index in [1.165, 1.54) is 44.1 Å². The standard InChI is InChI=1S/C17H27BrO/c1-3-4-5-6-7-8-9-10-17(19)15-11-12-16(18)14(2)13-15/h11-13,17,19H,3-10H2,1-2H3. The summed E-state index contributed by atoms with van der Waals surface area (Å²) >= 11 is 3.49. The van der Waals surface area contributed by atoms with E-state index in [1.54, 1.807) is 0 Å². The largest absolute Gasteiger partial charge is 0.388 e. The van der Waals surface area contributed by atoms with Gasteiger partial charge in [0.25, 0.3) is 0 Å². The van der Waals surface area contributed by atoms with Gasteiger partial charge < -0.3 is 5.11 Å². The molecule has 2 heteroatoms. The second kappa shape index (κ2) is 9.55. The number of hydrogen-bond donors (Lipinski definition) is 1. The van der Waals surface area contributed by atoms with Crippen molar-refractivity contribution in [2.45, 2.75) is 71.3 Å². The molecule has 0 radical (unpaired) electrons. The Balaban J connectivity index is 2.20. The van der Waals surface area contributed by atoms with E-state index >= 15 is 0 Å². The lowest BCUT2D eigenvalue weighted by molar-refractivity contribution is 0.163. The SMILES string of the molecule is CCCCCCCCCC(O)c1ccc(Br)c(C)c1. The molecule has 0 saturated carbocycles. The van der Waals surface area contributed by atoms with E-state index in [4.69, 9.17) is 0 Å². The first-order valence-electron chi connectivity index (χ1n) is 7.59. The number of aliphatic hydroxyl groups is 1. The van der Waals surface area contributed by atoms with Crippen molar-refractivity contribution >= 4 is 15.9 Å². The van der Waals surface area contributed by atoms with Crippen molar-refractivity contribution < 1.29 is 5.11 Å². The van der Waals surface area contributed by atoms with Crippen LogP contribution in [0.4, 0.5) is 0 Å². The molecule has 19 heavy (non-hydrogen) atoms. The van der Waals surface area contributed by atoms with E-state index in [-0.39, 0.29) is 6.10 Å². The first kappa shape index (κ1) is 16.7. The molecule has 0 fully saturated rings. The Labute approximate surface area is 126 Å². The van der Waals surface area contributed by atoms with Gasteiger partial charge >= 0.3 is 0 Å². The number of rotatable bonds is 9. The molecule has 0 heterocycles. The van der Waals surface area contributed by atoms with Crippen molar-refractivity contribution in [3.05, 3.63) is 33.8 Å². The van der Waals surface area contributed by atoms with Crippen molar-refractivity contribution in [2.75, 3.05) is 0 Å². The second-order valence-electron chi connectivity index (χ2n) is 5.43. The van der Waals surface area contributed by atoms with Crippen LogP contribution in [0.5, 0.6) is 0 Å². The van der Waals surface area contributed by atoms with Crippen LogP contribution in [0.15, 0.2) is 22.7 Å². The molecular weight excluding hydrogens is 300 g/mol. The van der Waals surface area contributed by atoms with Gasteiger partial charge in [-0.2, -0.15) is 0 Å². The summed E-state index contributed by atoms with van der Waals surface area (Å²) in [7, 11) is 0. The Morgan fingerprint density at radius 2 is 1.68 bits per heavy atom. The zero-order valence-corrected chi connectivity index (χ0v) is 13.9. The molecule has 0 aliphatic rings. The Hall–Kier alpha value is -0.340. The maximum atomic E-state index is 10.2. The van der Waals surface area contributed by atoms with Gasteiger partial charge in [0.2, 0.25) is 0 Å². The van der Waals surface area contributed by atoms with Crippen LogP contribution >= 0.6 is 15.9 Å². The van der Waals surface area contributed by atoms with Crippen molar-refractivity contribution in [1.29, 1.82) is 0 Å². The fraction of sp³-hybridized carbons (Fsp3) is 0.647. The molecular formula is C17H27BrO. The topological polar surface area (TPSA) is 20.2 Å². The average Bonchev–Trinajstić information content (AvgIpc) is 2.40. The van der Waals surface area contributed by atoms with Gasteiger partial charge in [0.15, 0.2) is 0 Å². The normalized spacial score (nSPS) is 12.6. The minimum atomic E-state index is -0.303. The second-order valence-corrected chi connectivity index (χ2v) is 6.29. The molecule has 0 spiro atoms. The number of aryl methyl sites for hydroxylation is 1. The molecule has 108 valence electrons. The molecule has 1 N–H and O–H groups in total. The highest BCUT2D eigenvalue weighted by molar-refractivity contribution is 9.10. The highest BCUT2D eigenvalue weighted by atomic mass is 79.9. The van der Waals surface area contributed by atoms with Crippen molar-refractivity contribution in [1.82, 2.24) is 0 Å². The van der Waals surface area contributed by atoms with Crippen molar-refractivity contribution in [3.63, 3.8) is 0 Å². The predicted molar refractivity (Wildman–Crippen MR) is 86.4 cm³/mol. The lowest BCUT2D eigenvalue weighted by Crippen LogP contribution is -1.98. The smallest absolute Gasteiger partial charge is 0.0790 e. The first-order chi connectivity index (χ1) is 9.15. The monoisotopic (exact) mass is 326 g/mol. The minimum Gasteiger partial charge on any atom is -0.388 e. The van der Waals surface area contributed by atoms with Gasteiger partial charge in [0.05, 0.1) is 6.10 Å². The fourth-order valence-electron chi connectivity index (χ4n) is 2.34. The Kier molecular flexibility index (Phi) is 8.40. The first-order valence-corrected chi connectivity index (χ1v) is 8.38. The van der Waals surface area contributed by atoms with E-state index in [0.717, 1.165) is 22.9 Å². The summed E-state index contributed by atoms with van der Waals surface area (Å²) < 4.78 is 1.11. The van der Waals surface area contributed by atoms with E-state index in [9.17, 15) is 5.11 Å². The molecule has 1 unspecified atom stereocenters. The van der Waals surface area contributed by atoms with Crippen LogP contribution in [0.3, 0.4) is 0 Å². The third-order valence-electron chi connectivity index (χ3n) is 3.65. The number of halogens is 1. The minimum absolute atomic E-state index is 0.303. The Morgan fingerprint density at radius 3 is 2.32 bits per heavy atom. The molecule has 1 rings (SSSR count). The number of hydrogen-bond acceptors (Lipinski definition) is 1. The summed E-state index contributed by atoms with van der Waals surface area (Å²) in [5, 5.41) is 10.2. The van der Waals surface area contributed by atoms with Gasteiger partial charge in [0.1, 0.15) is 0 Å². The van der Waals surface area contributed by atoms with Crippen LogP contribution in [0, 0.1) is 6.92 Å². The number of benzene rings is 1. The molecule has 1 aromatic rings. The van der Waals surface area contributed by atoms with Crippen LogP contribution in [-0.2, 0) is 0 Å².